The van der Waals surface area contributed by atoms with Crippen LogP contribution in [0.4, 0.5) is 0 Å². The highest BCUT2D eigenvalue weighted by molar-refractivity contribution is 5.08. The van der Waals surface area contributed by atoms with Crippen molar-refractivity contribution < 1.29 is 0 Å². The molecule has 0 aliphatic rings. The van der Waals surface area contributed by atoms with Gasteiger partial charge in [-0.05, 0) is 18.1 Å². The Morgan fingerprint density at radius 2 is 2.25 bits per heavy atom. The van der Waals surface area contributed by atoms with Crippen LogP contribution < -0.4 is 5.73 Å². The number of aromatic nitrogens is 1. The second-order valence-electron chi connectivity index (χ2n) is 3.17. The van der Waals surface area contributed by atoms with Crippen LogP contribution in [0.1, 0.15) is 32.0 Å². The molecule has 0 saturated carbocycles. The molecule has 0 spiro atoms. The van der Waals surface area contributed by atoms with E-state index in [1.807, 2.05) is 18.2 Å². The molecule has 0 bridgehead atoms. The summed E-state index contributed by atoms with van der Waals surface area (Å²) in [6.45, 7) is 4.30. The fraction of sp³-hybridized carbons (Fsp3) is 0.500. The van der Waals surface area contributed by atoms with Crippen molar-refractivity contribution in [2.24, 2.45) is 11.7 Å². The molecule has 1 heterocycles. The number of hydrogen-bond acceptors (Lipinski definition) is 2. The van der Waals surface area contributed by atoms with Gasteiger partial charge in [0.15, 0.2) is 0 Å². The molecule has 2 atom stereocenters. The van der Waals surface area contributed by atoms with Crippen LogP contribution in [0.2, 0.25) is 0 Å². The summed E-state index contributed by atoms with van der Waals surface area (Å²) in [6, 6.07) is 5.95. The van der Waals surface area contributed by atoms with Crippen molar-refractivity contribution in [2.45, 2.75) is 26.3 Å². The molecule has 0 saturated heterocycles. The number of hydrogen-bond donors (Lipinski definition) is 1. The molecule has 12 heavy (non-hydrogen) atoms. The molecule has 1 aromatic rings. The van der Waals surface area contributed by atoms with Gasteiger partial charge in [0.1, 0.15) is 0 Å². The van der Waals surface area contributed by atoms with Crippen molar-refractivity contribution in [3.05, 3.63) is 30.1 Å². The Kier molecular flexibility index (Phi) is 3.23. The third-order valence-electron chi connectivity index (χ3n) is 2.29. The van der Waals surface area contributed by atoms with E-state index in [-0.39, 0.29) is 6.04 Å². The van der Waals surface area contributed by atoms with Crippen molar-refractivity contribution in [1.82, 2.24) is 4.98 Å². The minimum atomic E-state index is 0.0798. The molecule has 0 fully saturated rings. The van der Waals surface area contributed by atoms with E-state index in [1.54, 1.807) is 6.20 Å². The van der Waals surface area contributed by atoms with Gasteiger partial charge in [0.05, 0.1) is 5.69 Å². The molecule has 1 unspecified atom stereocenters. The molecule has 0 amide bonds. The molecule has 2 nitrogen and oxygen atoms in total. The van der Waals surface area contributed by atoms with Crippen LogP contribution in [-0.4, -0.2) is 4.98 Å². The first-order valence-electron chi connectivity index (χ1n) is 4.42. The van der Waals surface area contributed by atoms with Crippen LogP contribution in [0, 0.1) is 5.92 Å². The number of nitrogens with zero attached hydrogens (tertiary/aromatic N) is 1. The fourth-order valence-corrected chi connectivity index (χ4v) is 1.12. The minimum absolute atomic E-state index is 0.0798. The molecule has 0 aromatic carbocycles. The zero-order valence-electron chi connectivity index (χ0n) is 7.70. The quantitative estimate of drug-likeness (QED) is 0.743. The topological polar surface area (TPSA) is 38.9 Å². The lowest BCUT2D eigenvalue weighted by Crippen LogP contribution is -2.19. The van der Waals surface area contributed by atoms with Crippen LogP contribution in [-0.2, 0) is 0 Å². The van der Waals surface area contributed by atoms with Gasteiger partial charge in [-0.2, -0.15) is 0 Å². The molecule has 0 radical (unpaired) electrons. The summed E-state index contributed by atoms with van der Waals surface area (Å²) in [6.07, 6.45) is 2.88. The maximum absolute atomic E-state index is 5.99. The molecule has 0 aliphatic heterocycles. The molecular weight excluding hydrogens is 148 g/mol. The summed E-state index contributed by atoms with van der Waals surface area (Å²) in [7, 11) is 0. The van der Waals surface area contributed by atoms with Crippen LogP contribution in [0.3, 0.4) is 0 Å². The van der Waals surface area contributed by atoms with Crippen molar-refractivity contribution >= 4 is 0 Å². The number of pyridine rings is 1. The lowest BCUT2D eigenvalue weighted by atomic mass is 9.97. The first-order chi connectivity index (χ1) is 5.75. The fourth-order valence-electron chi connectivity index (χ4n) is 1.12. The van der Waals surface area contributed by atoms with Crippen LogP contribution in [0.25, 0.3) is 0 Å². The first-order valence-corrected chi connectivity index (χ1v) is 4.42. The zero-order valence-corrected chi connectivity index (χ0v) is 7.70. The first kappa shape index (κ1) is 9.20. The molecule has 1 rings (SSSR count). The van der Waals surface area contributed by atoms with E-state index in [0.29, 0.717) is 5.92 Å². The average molecular weight is 164 g/mol. The predicted octanol–water partition coefficient (Wildman–Crippen LogP) is 2.13. The van der Waals surface area contributed by atoms with Crippen molar-refractivity contribution in [2.75, 3.05) is 0 Å². The van der Waals surface area contributed by atoms with Crippen LogP contribution in [0.5, 0.6) is 0 Å². The number of nitrogens with two attached hydrogens (primary N) is 1. The molecule has 1 aromatic heterocycles. The van der Waals surface area contributed by atoms with Gasteiger partial charge in [-0.25, -0.2) is 0 Å². The van der Waals surface area contributed by atoms with E-state index in [1.165, 1.54) is 0 Å². The van der Waals surface area contributed by atoms with Crippen molar-refractivity contribution in [1.29, 1.82) is 0 Å². The second kappa shape index (κ2) is 4.21. The average Bonchev–Trinajstić information content (AvgIpc) is 2.17. The monoisotopic (exact) mass is 164 g/mol. The number of rotatable bonds is 3. The molecule has 0 aliphatic carbocycles. The Morgan fingerprint density at radius 3 is 2.75 bits per heavy atom. The van der Waals surface area contributed by atoms with E-state index >= 15 is 0 Å². The van der Waals surface area contributed by atoms with Crippen LogP contribution >= 0.6 is 0 Å². The molecular formula is C10H16N2. The van der Waals surface area contributed by atoms with Gasteiger partial charge in [-0.15, -0.1) is 0 Å². The normalized spacial score (nSPS) is 15.6. The smallest absolute Gasteiger partial charge is 0.0573 e. The van der Waals surface area contributed by atoms with E-state index < -0.39 is 0 Å². The standard InChI is InChI=1S/C10H16N2/c1-3-8(2)10(11)9-6-4-5-7-12-9/h4-8,10H,3,11H2,1-2H3/t8?,10-/m1/s1. The van der Waals surface area contributed by atoms with Crippen molar-refractivity contribution in [3.63, 3.8) is 0 Å². The van der Waals surface area contributed by atoms with Crippen LogP contribution in [0.15, 0.2) is 24.4 Å². The Labute approximate surface area is 73.8 Å². The third kappa shape index (κ3) is 2.05. The summed E-state index contributed by atoms with van der Waals surface area (Å²) in [4.78, 5) is 4.22. The van der Waals surface area contributed by atoms with Gasteiger partial charge in [0.25, 0.3) is 0 Å². The van der Waals surface area contributed by atoms with Gasteiger partial charge in [-0.1, -0.05) is 26.3 Å². The predicted molar refractivity (Wildman–Crippen MR) is 50.6 cm³/mol. The molecule has 66 valence electrons. The van der Waals surface area contributed by atoms with E-state index in [2.05, 4.69) is 18.8 Å². The lowest BCUT2D eigenvalue weighted by molar-refractivity contribution is 0.448. The molecule has 2 N–H and O–H groups in total. The Bertz CT molecular complexity index is 221. The Hall–Kier alpha value is -0.890. The highest BCUT2D eigenvalue weighted by atomic mass is 14.8. The van der Waals surface area contributed by atoms with Gasteiger partial charge < -0.3 is 5.73 Å². The summed E-state index contributed by atoms with van der Waals surface area (Å²) >= 11 is 0. The van der Waals surface area contributed by atoms with Crippen molar-refractivity contribution in [3.8, 4) is 0 Å². The minimum Gasteiger partial charge on any atom is -0.322 e. The maximum atomic E-state index is 5.99. The summed E-state index contributed by atoms with van der Waals surface area (Å²) in [5.74, 6) is 0.500. The zero-order chi connectivity index (χ0) is 8.97. The van der Waals surface area contributed by atoms with Gasteiger partial charge in [0, 0.05) is 12.2 Å². The SMILES string of the molecule is CCC(C)[C@@H](N)c1ccccn1. The second-order valence-corrected chi connectivity index (χ2v) is 3.17. The molecule has 2 heteroatoms. The van der Waals surface area contributed by atoms with Gasteiger partial charge in [0.2, 0.25) is 0 Å². The van der Waals surface area contributed by atoms with E-state index in [4.69, 9.17) is 5.73 Å². The highest BCUT2D eigenvalue weighted by Gasteiger charge is 2.12. The summed E-state index contributed by atoms with van der Waals surface area (Å²) in [5, 5.41) is 0. The lowest BCUT2D eigenvalue weighted by Gasteiger charge is -2.16. The van der Waals surface area contributed by atoms with Gasteiger partial charge >= 0.3 is 0 Å². The van der Waals surface area contributed by atoms with Gasteiger partial charge in [-0.3, -0.25) is 4.98 Å². The maximum Gasteiger partial charge on any atom is 0.0573 e. The summed E-state index contributed by atoms with van der Waals surface area (Å²) in [5.41, 5.74) is 6.98. The summed E-state index contributed by atoms with van der Waals surface area (Å²) < 4.78 is 0. The highest BCUT2D eigenvalue weighted by Crippen LogP contribution is 2.18. The Morgan fingerprint density at radius 1 is 1.50 bits per heavy atom. The Balaban J connectivity index is 2.71. The van der Waals surface area contributed by atoms with E-state index in [9.17, 15) is 0 Å². The van der Waals surface area contributed by atoms with E-state index in [0.717, 1.165) is 12.1 Å². The third-order valence-corrected chi connectivity index (χ3v) is 2.29. The largest absolute Gasteiger partial charge is 0.322 e.